The van der Waals surface area contributed by atoms with Crippen LogP contribution in [-0.2, 0) is 22.5 Å². The molecule has 3 aliphatic heterocycles. The van der Waals surface area contributed by atoms with E-state index in [2.05, 4.69) is 15.6 Å². The molecule has 2 aromatic carbocycles. The Balaban J connectivity index is 1.07. The van der Waals surface area contributed by atoms with Crippen LogP contribution in [0.1, 0.15) is 23.0 Å². The van der Waals surface area contributed by atoms with Crippen molar-refractivity contribution in [3.05, 3.63) is 82.3 Å². The van der Waals surface area contributed by atoms with Crippen molar-refractivity contribution in [3.8, 4) is 28.2 Å². The monoisotopic (exact) mass is 762 g/mol. The number of carboxylic acids is 1. The number of aromatic carboxylic acids is 1. The summed E-state index contributed by atoms with van der Waals surface area (Å²) in [7, 11) is 0. The first-order valence-corrected chi connectivity index (χ1v) is 18.1. The number of aromatic hydroxyl groups is 1. The number of fused-ring (bicyclic) bond motifs is 2. The summed E-state index contributed by atoms with van der Waals surface area (Å²) in [4.78, 5) is 58.2. The van der Waals surface area contributed by atoms with Crippen LogP contribution in [0.25, 0.3) is 33.4 Å². The number of carbonyl (C=O) groups is 2. The van der Waals surface area contributed by atoms with Crippen molar-refractivity contribution < 1.29 is 34.1 Å². The Labute approximate surface area is 318 Å². The molecule has 4 aromatic rings. The van der Waals surface area contributed by atoms with Gasteiger partial charge in [0, 0.05) is 86.2 Å². The molecule has 2 fully saturated rings. The van der Waals surface area contributed by atoms with Crippen molar-refractivity contribution in [2.24, 2.45) is 0 Å². The van der Waals surface area contributed by atoms with Gasteiger partial charge in [-0.1, -0.05) is 11.3 Å². The minimum atomic E-state index is -1.19. The number of nitrogens with one attached hydrogen (secondary N) is 1. The van der Waals surface area contributed by atoms with Crippen molar-refractivity contribution in [1.82, 2.24) is 34.8 Å². The van der Waals surface area contributed by atoms with E-state index in [0.717, 1.165) is 0 Å². The SMILES string of the molecule is CC(O)Cc1cn(CC(=O)N2CCN(c3nc(Nc4ccc(-c5c6ccc(=O)cc-6oc6cc(O)ccc56)c(C(=O)O)c4)nc(N4CCOCC4)n3)CC2)nn1. The highest BCUT2D eigenvalue weighted by Gasteiger charge is 2.27. The minimum absolute atomic E-state index is 0.0294. The van der Waals surface area contributed by atoms with Gasteiger partial charge in [-0.15, -0.1) is 5.10 Å². The van der Waals surface area contributed by atoms with Crippen molar-refractivity contribution in [2.75, 3.05) is 67.6 Å². The number of aromatic nitrogens is 6. The third kappa shape index (κ3) is 7.64. The van der Waals surface area contributed by atoms with Crippen molar-refractivity contribution in [3.63, 3.8) is 0 Å². The Morgan fingerprint density at radius 2 is 1.62 bits per heavy atom. The van der Waals surface area contributed by atoms with E-state index in [0.29, 0.717) is 104 Å². The van der Waals surface area contributed by atoms with Crippen LogP contribution in [0.5, 0.6) is 5.75 Å². The first-order chi connectivity index (χ1) is 27.1. The number of morpholine rings is 1. The molecule has 0 bridgehead atoms. The quantitative estimate of drug-likeness (QED) is 0.147. The molecule has 18 heteroatoms. The summed E-state index contributed by atoms with van der Waals surface area (Å²) in [5.74, 6) is -0.0590. The van der Waals surface area contributed by atoms with Gasteiger partial charge in [0.2, 0.25) is 23.8 Å². The molecule has 4 N–H and O–H groups in total. The molecule has 0 radical (unpaired) electrons. The van der Waals surface area contributed by atoms with Gasteiger partial charge in [-0.3, -0.25) is 9.59 Å². The zero-order valence-electron chi connectivity index (χ0n) is 30.3. The molecule has 1 unspecified atom stereocenters. The number of nitrogens with zero attached hydrogens (tertiary/aromatic N) is 9. The van der Waals surface area contributed by atoms with Crippen LogP contribution in [-0.4, -0.2) is 121 Å². The van der Waals surface area contributed by atoms with Crippen molar-refractivity contribution in [2.45, 2.75) is 26.0 Å². The predicted molar refractivity (Wildman–Crippen MR) is 204 cm³/mol. The Kier molecular flexibility index (Phi) is 9.88. The molecule has 1 atom stereocenters. The summed E-state index contributed by atoms with van der Waals surface area (Å²) in [5, 5.41) is 42.1. The van der Waals surface area contributed by atoms with Gasteiger partial charge in [0.1, 0.15) is 23.6 Å². The third-order valence-corrected chi connectivity index (χ3v) is 9.66. The molecule has 4 aliphatic rings. The van der Waals surface area contributed by atoms with Gasteiger partial charge in [-0.25, -0.2) is 9.48 Å². The van der Waals surface area contributed by atoms with Crippen LogP contribution in [0.3, 0.4) is 0 Å². The van der Waals surface area contributed by atoms with Crippen LogP contribution in [0.15, 0.2) is 70.0 Å². The predicted octanol–water partition coefficient (Wildman–Crippen LogP) is 2.60. The highest BCUT2D eigenvalue weighted by atomic mass is 16.5. The molecule has 1 amide bonds. The second-order valence-electron chi connectivity index (χ2n) is 13.7. The highest BCUT2D eigenvalue weighted by molar-refractivity contribution is 6.08. The number of piperazine rings is 1. The van der Waals surface area contributed by atoms with E-state index in [-0.39, 0.29) is 46.5 Å². The Morgan fingerprint density at radius 3 is 2.36 bits per heavy atom. The Morgan fingerprint density at radius 1 is 0.893 bits per heavy atom. The maximum Gasteiger partial charge on any atom is 0.336 e. The standard InChI is InChI=1S/C38H38N10O8/c1-22(49)16-24-20-48(44-43-24)21-33(52)45-8-10-46(11-9-45)37-40-36(41-38(42-37)47-12-14-55-15-13-47)39-23-2-5-27(30(17-23)35(53)54)34-28-6-3-25(50)18-31(28)56-32-19-26(51)4-7-29(32)34/h2-7,17-20,22,49-50H,8-16,21H2,1H3,(H,53,54)(H,39,40,41,42). The summed E-state index contributed by atoms with van der Waals surface area (Å²) >= 11 is 0. The number of rotatable bonds is 10. The molecule has 5 heterocycles. The van der Waals surface area contributed by atoms with Gasteiger partial charge < -0.3 is 44.5 Å². The molecule has 8 rings (SSSR count). The molecule has 0 spiro atoms. The number of carbonyl (C=O) groups excluding carboxylic acids is 1. The molecular weight excluding hydrogens is 724 g/mol. The number of phenolic OH excluding ortho intramolecular Hbond substituents is 1. The number of hydrogen-bond donors (Lipinski definition) is 4. The zero-order chi connectivity index (χ0) is 38.9. The van der Waals surface area contributed by atoms with E-state index < -0.39 is 12.1 Å². The average molecular weight is 763 g/mol. The fraction of sp³-hybridized carbons (Fsp3) is 0.316. The number of benzene rings is 3. The summed E-state index contributed by atoms with van der Waals surface area (Å²) < 4.78 is 13.0. The second-order valence-corrected chi connectivity index (χ2v) is 13.7. The van der Waals surface area contributed by atoms with Gasteiger partial charge in [-0.05, 0) is 48.9 Å². The summed E-state index contributed by atoms with van der Waals surface area (Å²) in [5.41, 5.74) is 2.43. The van der Waals surface area contributed by atoms with E-state index >= 15 is 0 Å². The van der Waals surface area contributed by atoms with Gasteiger partial charge in [0.05, 0.1) is 30.6 Å². The maximum absolute atomic E-state index is 13.1. The number of aliphatic hydroxyl groups excluding tert-OH is 1. The molecule has 0 saturated carbocycles. The van der Waals surface area contributed by atoms with E-state index in [1.807, 2.05) is 9.80 Å². The lowest BCUT2D eigenvalue weighted by molar-refractivity contribution is -0.132. The lowest BCUT2D eigenvalue weighted by Gasteiger charge is -2.35. The number of aliphatic hydroxyl groups is 1. The van der Waals surface area contributed by atoms with Gasteiger partial charge in [0.25, 0.3) is 0 Å². The van der Waals surface area contributed by atoms with Crippen LogP contribution < -0.4 is 20.5 Å². The van der Waals surface area contributed by atoms with Crippen LogP contribution in [0, 0.1) is 0 Å². The summed E-state index contributed by atoms with van der Waals surface area (Å²) in [6, 6.07) is 13.8. The first kappa shape index (κ1) is 36.3. The summed E-state index contributed by atoms with van der Waals surface area (Å²) in [6.45, 7) is 5.60. The van der Waals surface area contributed by atoms with Gasteiger partial charge in [-0.2, -0.15) is 15.0 Å². The number of carboxylic acid groups (broad SMARTS) is 1. The fourth-order valence-corrected chi connectivity index (χ4v) is 6.96. The lowest BCUT2D eigenvalue weighted by atomic mass is 9.90. The minimum Gasteiger partial charge on any atom is -0.508 e. The molecule has 18 nitrogen and oxygen atoms in total. The topological polar surface area (TPSA) is 225 Å². The largest absolute Gasteiger partial charge is 0.508 e. The highest BCUT2D eigenvalue weighted by Crippen LogP contribution is 2.42. The Bertz CT molecular complexity index is 2450. The number of hydrogen-bond acceptors (Lipinski definition) is 15. The van der Waals surface area contributed by atoms with Crippen LogP contribution in [0.2, 0.25) is 0 Å². The number of amides is 1. The molecular formula is C38H38N10O8. The second kappa shape index (κ2) is 15.2. The van der Waals surface area contributed by atoms with Crippen molar-refractivity contribution in [1.29, 1.82) is 0 Å². The number of anilines is 4. The molecule has 2 aromatic heterocycles. The van der Waals surface area contributed by atoms with Crippen molar-refractivity contribution >= 4 is 46.4 Å². The number of ether oxygens (including phenoxy) is 1. The van der Waals surface area contributed by atoms with Gasteiger partial charge >= 0.3 is 5.97 Å². The average Bonchev–Trinajstić information content (AvgIpc) is 3.62. The van der Waals surface area contributed by atoms with E-state index in [4.69, 9.17) is 24.1 Å². The molecule has 1 aliphatic carbocycles. The third-order valence-electron chi connectivity index (χ3n) is 9.66. The van der Waals surface area contributed by atoms with Crippen LogP contribution in [0.4, 0.5) is 23.5 Å². The number of phenols is 1. The van der Waals surface area contributed by atoms with Crippen LogP contribution >= 0.6 is 0 Å². The molecule has 288 valence electrons. The Hall–Kier alpha value is -6.66. The molecule has 56 heavy (non-hydrogen) atoms. The van der Waals surface area contributed by atoms with E-state index in [9.17, 15) is 29.7 Å². The molecule has 2 saturated heterocycles. The zero-order valence-corrected chi connectivity index (χ0v) is 30.3. The first-order valence-electron chi connectivity index (χ1n) is 18.1. The van der Waals surface area contributed by atoms with E-state index in [1.165, 1.54) is 35.0 Å². The fourth-order valence-electron chi connectivity index (χ4n) is 6.96. The maximum atomic E-state index is 13.1. The van der Waals surface area contributed by atoms with Gasteiger partial charge in [0.15, 0.2) is 5.43 Å². The normalized spacial score (nSPS) is 15.4. The lowest BCUT2D eigenvalue weighted by Crippen LogP contribution is -2.50. The smallest absolute Gasteiger partial charge is 0.336 e. The summed E-state index contributed by atoms with van der Waals surface area (Å²) in [6.07, 6.45) is 1.46. The van der Waals surface area contributed by atoms with E-state index in [1.54, 1.807) is 42.3 Å².